The van der Waals surface area contributed by atoms with Crippen LogP contribution in [0.25, 0.3) is 10.6 Å². The average Bonchev–Trinajstić information content (AvgIpc) is 2.45. The van der Waals surface area contributed by atoms with Crippen molar-refractivity contribution in [1.82, 2.24) is 0 Å². The molecule has 0 aliphatic carbocycles. The third kappa shape index (κ3) is 46.3. The smallest absolute Gasteiger partial charge is 0.0644 e. The summed E-state index contributed by atoms with van der Waals surface area (Å²) in [4.78, 5) is 0. The molecule has 0 bridgehead atoms. The number of hydrogen-bond acceptors (Lipinski definition) is 2. The monoisotopic (exact) mass is 468 g/mol. The molecule has 0 saturated carbocycles. The summed E-state index contributed by atoms with van der Waals surface area (Å²) >= 11 is -0.473. The van der Waals surface area contributed by atoms with Gasteiger partial charge >= 0.3 is 77.8 Å². The standard InChI is InChI=1S/2C7H16N.2C4H9N.Mo/c2*1-4-5-8-6-7(2)3;2*1-4(2,3)5;/h2*7H,4-6H2,1-3H3;2*1-3H3;/q2*-1;;;+2. The summed E-state index contributed by atoms with van der Waals surface area (Å²) in [7, 11) is 0. The number of hydrogen-bond donors (Lipinski definition) is 0. The molecular weight excluding hydrogens is 416 g/mol. The van der Waals surface area contributed by atoms with Gasteiger partial charge in [0.05, 0.1) is 0 Å². The largest absolute Gasteiger partial charge is 0.662 e. The second kappa shape index (κ2) is 19.5. The zero-order valence-electron chi connectivity index (χ0n) is 20.6. The Kier molecular flexibility index (Phi) is 23.1. The van der Waals surface area contributed by atoms with Crippen molar-refractivity contribution < 1.29 is 18.2 Å². The maximum atomic E-state index is 4.51. The quantitative estimate of drug-likeness (QED) is 0.258. The first-order valence-corrected chi connectivity index (χ1v) is 12.4. The van der Waals surface area contributed by atoms with E-state index in [4.69, 9.17) is 0 Å². The summed E-state index contributed by atoms with van der Waals surface area (Å²) in [5.41, 5.74) is 0.216. The van der Waals surface area contributed by atoms with Crippen LogP contribution in [0.2, 0.25) is 0 Å². The summed E-state index contributed by atoms with van der Waals surface area (Å²) in [6, 6.07) is 0. The molecule has 0 radical (unpaired) electrons. The summed E-state index contributed by atoms with van der Waals surface area (Å²) in [6.45, 7) is 30.0. The van der Waals surface area contributed by atoms with E-state index in [-0.39, 0.29) is 11.1 Å². The van der Waals surface area contributed by atoms with Crippen molar-refractivity contribution in [3.63, 3.8) is 0 Å². The van der Waals surface area contributed by atoms with Crippen LogP contribution < -0.4 is 0 Å². The van der Waals surface area contributed by atoms with Crippen LogP contribution in [-0.2, 0) is 18.2 Å². The first-order chi connectivity index (χ1) is 12.2. The molecule has 0 aromatic carbocycles. The van der Waals surface area contributed by atoms with Gasteiger partial charge in [0.25, 0.3) is 0 Å². The zero-order valence-corrected chi connectivity index (χ0v) is 22.6. The van der Waals surface area contributed by atoms with Gasteiger partial charge in [-0.05, 0) is 0 Å². The van der Waals surface area contributed by atoms with E-state index in [2.05, 4.69) is 101 Å². The molecule has 0 aromatic rings. The van der Waals surface area contributed by atoms with Crippen molar-refractivity contribution in [2.45, 2.75) is 107 Å². The SMILES string of the molecule is CC(C)(C)[N]=[Mo+2]=[N]C(C)(C)C.CCC[N-]CC(C)C.CCC[N-]CC(C)C. The minimum absolute atomic E-state index is 0.108. The average molecular weight is 467 g/mol. The van der Waals surface area contributed by atoms with Gasteiger partial charge in [0.1, 0.15) is 0 Å². The van der Waals surface area contributed by atoms with Crippen LogP contribution >= 0.6 is 0 Å². The van der Waals surface area contributed by atoms with Crippen molar-refractivity contribution >= 4 is 0 Å². The van der Waals surface area contributed by atoms with Crippen LogP contribution in [0.3, 0.4) is 0 Å². The van der Waals surface area contributed by atoms with Gasteiger partial charge in [0.2, 0.25) is 0 Å². The molecule has 0 N–H and O–H groups in total. The predicted molar refractivity (Wildman–Crippen MR) is 121 cm³/mol. The maximum absolute atomic E-state index is 4.51. The Morgan fingerprint density at radius 1 is 0.667 bits per heavy atom. The zero-order chi connectivity index (χ0) is 21.9. The molecule has 0 saturated heterocycles. The van der Waals surface area contributed by atoms with E-state index in [0.717, 1.165) is 38.0 Å². The number of nitrogens with zero attached hydrogens (tertiary/aromatic N) is 4. The van der Waals surface area contributed by atoms with Crippen molar-refractivity contribution in [3.05, 3.63) is 10.6 Å². The van der Waals surface area contributed by atoms with Crippen molar-refractivity contribution in [2.75, 3.05) is 26.2 Å². The third-order valence-electron chi connectivity index (χ3n) is 2.38. The first-order valence-electron chi connectivity index (χ1n) is 10.6. The Labute approximate surface area is 180 Å². The van der Waals surface area contributed by atoms with Gasteiger partial charge in [-0.25, -0.2) is 0 Å². The van der Waals surface area contributed by atoms with E-state index in [1.165, 1.54) is 12.8 Å². The molecule has 5 heteroatoms. The van der Waals surface area contributed by atoms with Crippen LogP contribution in [-0.4, -0.2) is 37.3 Å². The van der Waals surface area contributed by atoms with Gasteiger partial charge in [-0.1, -0.05) is 66.2 Å². The van der Waals surface area contributed by atoms with Gasteiger partial charge in [-0.2, -0.15) is 0 Å². The van der Waals surface area contributed by atoms with Gasteiger partial charge < -0.3 is 10.6 Å². The van der Waals surface area contributed by atoms with Gasteiger partial charge in [-0.3, -0.25) is 0 Å². The first kappa shape index (κ1) is 31.9. The van der Waals surface area contributed by atoms with E-state index in [0.29, 0.717) is 0 Å². The van der Waals surface area contributed by atoms with E-state index in [9.17, 15) is 0 Å². The Hall–Kier alpha value is 0.208. The van der Waals surface area contributed by atoms with Crippen LogP contribution in [0.5, 0.6) is 0 Å². The molecule has 0 aliphatic heterocycles. The minimum Gasteiger partial charge on any atom is -0.662 e. The molecule has 0 atom stereocenters. The van der Waals surface area contributed by atoms with Gasteiger partial charge in [0.15, 0.2) is 0 Å². The fourth-order valence-electron chi connectivity index (χ4n) is 1.28. The molecular formula is C22H50MoN4. The molecule has 0 heterocycles. The van der Waals surface area contributed by atoms with Gasteiger partial charge in [-0.15, -0.1) is 26.2 Å². The number of rotatable bonds is 8. The topological polar surface area (TPSA) is 52.9 Å². The van der Waals surface area contributed by atoms with Crippen LogP contribution in [0.4, 0.5) is 0 Å². The molecule has 0 fully saturated rings. The molecule has 0 rings (SSSR count). The van der Waals surface area contributed by atoms with E-state index in [1.54, 1.807) is 0 Å². The predicted octanol–water partition coefficient (Wildman–Crippen LogP) is 7.89. The summed E-state index contributed by atoms with van der Waals surface area (Å²) < 4.78 is 9.01. The molecule has 0 aromatic heterocycles. The van der Waals surface area contributed by atoms with Crippen molar-refractivity contribution in [3.8, 4) is 0 Å². The molecule has 27 heavy (non-hydrogen) atoms. The van der Waals surface area contributed by atoms with Crippen LogP contribution in [0.15, 0.2) is 6.99 Å². The molecule has 0 amide bonds. The summed E-state index contributed by atoms with van der Waals surface area (Å²) in [6.07, 6.45) is 2.37. The second-order valence-electron chi connectivity index (χ2n) is 9.65. The van der Waals surface area contributed by atoms with E-state index in [1.807, 2.05) is 0 Å². The molecule has 164 valence electrons. The summed E-state index contributed by atoms with van der Waals surface area (Å²) in [5.74, 6) is 1.48. The summed E-state index contributed by atoms with van der Waals surface area (Å²) in [5, 5.41) is 8.58. The Balaban J connectivity index is -0.000000327. The molecule has 0 spiro atoms. The molecule has 0 aliphatic rings. The second-order valence-corrected chi connectivity index (χ2v) is 11.0. The van der Waals surface area contributed by atoms with E-state index >= 15 is 0 Å². The maximum Gasteiger partial charge on any atom is -0.0644 e. The Morgan fingerprint density at radius 3 is 1.15 bits per heavy atom. The van der Waals surface area contributed by atoms with Crippen molar-refractivity contribution in [1.29, 1.82) is 0 Å². The fourth-order valence-corrected chi connectivity index (χ4v) is 2.59. The van der Waals surface area contributed by atoms with Crippen LogP contribution in [0, 0.1) is 11.8 Å². The van der Waals surface area contributed by atoms with Crippen molar-refractivity contribution in [2.24, 2.45) is 18.8 Å². The normalized spacial score (nSPS) is 11.2. The Bertz CT molecular complexity index is 327. The fraction of sp³-hybridized carbons (Fsp3) is 1.00. The van der Waals surface area contributed by atoms with E-state index < -0.39 is 18.2 Å². The van der Waals surface area contributed by atoms with Crippen LogP contribution in [0.1, 0.15) is 95.9 Å². The molecule has 4 nitrogen and oxygen atoms in total. The molecule has 0 unspecified atom stereocenters. The van der Waals surface area contributed by atoms with Gasteiger partial charge in [0, 0.05) is 0 Å². The third-order valence-corrected chi connectivity index (χ3v) is 5.48. The minimum atomic E-state index is -0.473. The Morgan fingerprint density at radius 2 is 0.963 bits per heavy atom.